The van der Waals surface area contributed by atoms with Crippen LogP contribution in [0.4, 0.5) is 0 Å². The number of primary amides is 1. The van der Waals surface area contributed by atoms with Crippen LogP contribution in [0, 0.1) is 0 Å². The zero-order valence-electron chi connectivity index (χ0n) is 10.6. The number of carbonyl (C=O) groups is 1. The Kier molecular flexibility index (Phi) is 4.59. The van der Waals surface area contributed by atoms with Crippen LogP contribution in [0.25, 0.3) is 0 Å². The first-order valence-electron chi connectivity index (χ1n) is 6.24. The predicted octanol–water partition coefficient (Wildman–Crippen LogP) is -0.216. The molecule has 0 aromatic heterocycles. The van der Waals surface area contributed by atoms with Gasteiger partial charge in [0.2, 0.25) is 5.91 Å². The summed E-state index contributed by atoms with van der Waals surface area (Å²) in [5, 5.41) is 12.3. The molecule has 0 spiro atoms. The first kappa shape index (κ1) is 13.6. The third kappa shape index (κ3) is 3.59. The maximum Gasteiger partial charge on any atom is 0.247 e. The Morgan fingerprint density at radius 2 is 2.21 bits per heavy atom. The van der Waals surface area contributed by atoms with Crippen LogP contribution in [-0.2, 0) is 11.3 Å². The Labute approximate surface area is 111 Å². The molecule has 0 saturated heterocycles. The minimum Gasteiger partial charge on any atom is -0.490 e. The lowest BCUT2D eigenvalue weighted by atomic mass is 10.2. The molecule has 104 valence electrons. The number of hydrogen-bond acceptors (Lipinski definition) is 5. The van der Waals surface area contributed by atoms with E-state index < -0.39 is 12.0 Å². The summed E-state index contributed by atoms with van der Waals surface area (Å²) in [5.41, 5.74) is 5.90. The van der Waals surface area contributed by atoms with Crippen LogP contribution in [0.1, 0.15) is 12.0 Å². The van der Waals surface area contributed by atoms with E-state index in [1.807, 2.05) is 18.2 Å². The van der Waals surface area contributed by atoms with E-state index in [4.69, 9.17) is 15.2 Å². The van der Waals surface area contributed by atoms with Crippen molar-refractivity contribution < 1.29 is 19.4 Å². The first-order valence-corrected chi connectivity index (χ1v) is 6.24. The van der Waals surface area contributed by atoms with Gasteiger partial charge < -0.3 is 25.6 Å². The van der Waals surface area contributed by atoms with Crippen molar-refractivity contribution in [3.05, 3.63) is 23.8 Å². The Bertz CT molecular complexity index is 450. The molecule has 1 amide bonds. The van der Waals surface area contributed by atoms with E-state index in [1.54, 1.807) is 0 Å². The maximum atomic E-state index is 10.7. The first-order chi connectivity index (χ1) is 9.18. The predicted molar refractivity (Wildman–Crippen MR) is 69.0 cm³/mol. The maximum absolute atomic E-state index is 10.7. The lowest BCUT2D eigenvalue weighted by molar-refractivity contribution is -0.125. The van der Waals surface area contributed by atoms with Crippen molar-refractivity contribution in [1.29, 1.82) is 0 Å². The highest BCUT2D eigenvalue weighted by Crippen LogP contribution is 2.32. The number of aliphatic hydroxyl groups excluding tert-OH is 1. The molecule has 1 heterocycles. The van der Waals surface area contributed by atoms with E-state index in [9.17, 15) is 9.90 Å². The number of carbonyl (C=O) groups excluding carboxylic acids is 1. The monoisotopic (exact) mass is 266 g/mol. The van der Waals surface area contributed by atoms with Gasteiger partial charge in [-0.3, -0.25) is 4.79 Å². The average Bonchev–Trinajstić information content (AvgIpc) is 2.64. The van der Waals surface area contributed by atoms with E-state index in [1.165, 1.54) is 0 Å². The number of nitrogens with one attached hydrogen (secondary N) is 1. The fourth-order valence-electron chi connectivity index (χ4n) is 1.84. The van der Waals surface area contributed by atoms with Crippen molar-refractivity contribution in [3.8, 4) is 11.5 Å². The molecule has 1 aromatic rings. The second-order valence-corrected chi connectivity index (χ2v) is 4.34. The van der Waals surface area contributed by atoms with Gasteiger partial charge in [-0.2, -0.15) is 0 Å². The van der Waals surface area contributed by atoms with Gasteiger partial charge in [0.05, 0.1) is 13.2 Å². The molecular formula is C13H18N2O4. The Morgan fingerprint density at radius 1 is 1.42 bits per heavy atom. The van der Waals surface area contributed by atoms with Crippen LogP contribution < -0.4 is 20.5 Å². The van der Waals surface area contributed by atoms with Crippen molar-refractivity contribution in [2.45, 2.75) is 19.1 Å². The number of hydrogen-bond donors (Lipinski definition) is 3. The molecular weight excluding hydrogens is 248 g/mol. The van der Waals surface area contributed by atoms with E-state index >= 15 is 0 Å². The molecule has 0 radical (unpaired) electrons. The van der Waals surface area contributed by atoms with Crippen molar-refractivity contribution in [2.24, 2.45) is 5.73 Å². The summed E-state index contributed by atoms with van der Waals surface area (Å²) in [6.07, 6.45) is -0.332. The van der Waals surface area contributed by atoms with Gasteiger partial charge in [-0.1, -0.05) is 12.1 Å². The van der Waals surface area contributed by atoms with Gasteiger partial charge in [0.1, 0.15) is 6.10 Å². The molecule has 1 aliphatic heterocycles. The highest BCUT2D eigenvalue weighted by molar-refractivity contribution is 5.78. The zero-order chi connectivity index (χ0) is 13.7. The molecule has 1 aromatic carbocycles. The highest BCUT2D eigenvalue weighted by atomic mass is 16.5. The minimum atomic E-state index is -1.18. The summed E-state index contributed by atoms with van der Waals surface area (Å²) in [5.74, 6) is 0.715. The SMILES string of the molecule is NC(=O)C(O)CNCc1cccc2c1OCCCO2. The molecule has 1 atom stereocenters. The van der Waals surface area contributed by atoms with Crippen molar-refractivity contribution in [2.75, 3.05) is 19.8 Å². The van der Waals surface area contributed by atoms with Crippen LogP contribution in [0.3, 0.4) is 0 Å². The molecule has 6 nitrogen and oxygen atoms in total. The number of rotatable bonds is 5. The normalized spacial score (nSPS) is 15.6. The molecule has 19 heavy (non-hydrogen) atoms. The van der Waals surface area contributed by atoms with Crippen LogP contribution in [0.2, 0.25) is 0 Å². The second-order valence-electron chi connectivity index (χ2n) is 4.34. The zero-order valence-corrected chi connectivity index (χ0v) is 10.6. The van der Waals surface area contributed by atoms with Crippen molar-refractivity contribution in [1.82, 2.24) is 5.32 Å². The van der Waals surface area contributed by atoms with Crippen LogP contribution >= 0.6 is 0 Å². The molecule has 1 aliphatic rings. The summed E-state index contributed by atoms with van der Waals surface area (Å²) in [6.45, 7) is 1.84. The number of amides is 1. The van der Waals surface area contributed by atoms with E-state index in [0.717, 1.165) is 23.5 Å². The third-order valence-corrected chi connectivity index (χ3v) is 2.83. The number of para-hydroxylation sites is 1. The third-order valence-electron chi connectivity index (χ3n) is 2.83. The number of aliphatic hydroxyl groups is 1. The van der Waals surface area contributed by atoms with Gasteiger partial charge >= 0.3 is 0 Å². The summed E-state index contributed by atoms with van der Waals surface area (Å²) in [4.78, 5) is 10.7. The molecule has 2 rings (SSSR count). The molecule has 0 bridgehead atoms. The standard InChI is InChI=1S/C13H18N2O4/c14-13(17)10(16)8-15-7-9-3-1-4-11-12(9)19-6-2-5-18-11/h1,3-4,10,15-16H,2,5-8H2,(H2,14,17). The largest absolute Gasteiger partial charge is 0.490 e. The summed E-state index contributed by atoms with van der Waals surface area (Å²) >= 11 is 0. The average molecular weight is 266 g/mol. The van der Waals surface area contributed by atoms with Crippen molar-refractivity contribution >= 4 is 5.91 Å². The van der Waals surface area contributed by atoms with Gasteiger partial charge in [-0.05, 0) is 6.07 Å². The number of fused-ring (bicyclic) bond motifs is 1. The van der Waals surface area contributed by atoms with Crippen molar-refractivity contribution in [3.63, 3.8) is 0 Å². The van der Waals surface area contributed by atoms with E-state index in [0.29, 0.717) is 19.8 Å². The fourth-order valence-corrected chi connectivity index (χ4v) is 1.84. The minimum absolute atomic E-state index is 0.111. The topological polar surface area (TPSA) is 93.8 Å². The van der Waals surface area contributed by atoms with E-state index in [-0.39, 0.29) is 6.54 Å². The lowest BCUT2D eigenvalue weighted by Gasteiger charge is -2.13. The Hall–Kier alpha value is -1.79. The lowest BCUT2D eigenvalue weighted by Crippen LogP contribution is -2.37. The fraction of sp³-hybridized carbons (Fsp3) is 0.462. The Balaban J connectivity index is 1.99. The molecule has 0 saturated carbocycles. The molecule has 4 N–H and O–H groups in total. The van der Waals surface area contributed by atoms with E-state index in [2.05, 4.69) is 5.32 Å². The second kappa shape index (κ2) is 6.40. The number of ether oxygens (including phenoxy) is 2. The quantitative estimate of drug-likeness (QED) is 0.685. The molecule has 0 aliphatic carbocycles. The molecule has 0 fully saturated rings. The van der Waals surface area contributed by atoms with Crippen LogP contribution in [-0.4, -0.2) is 36.9 Å². The van der Waals surface area contributed by atoms with Gasteiger partial charge in [0.15, 0.2) is 11.5 Å². The summed E-state index contributed by atoms with van der Waals surface area (Å²) < 4.78 is 11.2. The van der Waals surface area contributed by atoms with Gasteiger partial charge in [-0.15, -0.1) is 0 Å². The van der Waals surface area contributed by atoms with Gasteiger partial charge in [-0.25, -0.2) is 0 Å². The van der Waals surface area contributed by atoms with Gasteiger partial charge in [0.25, 0.3) is 0 Å². The van der Waals surface area contributed by atoms with Gasteiger partial charge in [0, 0.05) is 25.1 Å². The van der Waals surface area contributed by atoms with Crippen LogP contribution in [0.15, 0.2) is 18.2 Å². The summed E-state index contributed by atoms with van der Waals surface area (Å²) in [7, 11) is 0. The molecule has 1 unspecified atom stereocenters. The Morgan fingerprint density at radius 3 is 3.00 bits per heavy atom. The van der Waals surface area contributed by atoms with Crippen LogP contribution in [0.5, 0.6) is 11.5 Å². The smallest absolute Gasteiger partial charge is 0.247 e. The summed E-state index contributed by atoms with van der Waals surface area (Å²) in [6, 6.07) is 5.66. The highest BCUT2D eigenvalue weighted by Gasteiger charge is 2.15. The number of nitrogens with two attached hydrogens (primary N) is 1. The molecule has 6 heteroatoms. The number of benzene rings is 1.